The summed E-state index contributed by atoms with van der Waals surface area (Å²) >= 11 is 0. The Balaban J connectivity index is 1.47. The Morgan fingerprint density at radius 3 is 2.79 bits per heavy atom. The summed E-state index contributed by atoms with van der Waals surface area (Å²) in [5, 5.41) is 5.83. The predicted octanol–water partition coefficient (Wildman–Crippen LogP) is 2.14. The molecule has 1 aliphatic heterocycles. The van der Waals surface area contributed by atoms with Crippen molar-refractivity contribution in [2.24, 2.45) is 0 Å². The molecule has 0 saturated carbocycles. The van der Waals surface area contributed by atoms with Gasteiger partial charge in [-0.15, -0.1) is 0 Å². The lowest BCUT2D eigenvalue weighted by molar-refractivity contribution is -0.116. The van der Waals surface area contributed by atoms with Crippen LogP contribution in [-0.4, -0.2) is 55.3 Å². The van der Waals surface area contributed by atoms with Crippen molar-refractivity contribution in [1.29, 1.82) is 0 Å². The highest BCUT2D eigenvalue weighted by atomic mass is 19.1. The number of anilines is 2. The summed E-state index contributed by atoms with van der Waals surface area (Å²) in [4.78, 5) is 22.8. The van der Waals surface area contributed by atoms with Gasteiger partial charge in [0, 0.05) is 43.9 Å². The van der Waals surface area contributed by atoms with E-state index in [4.69, 9.17) is 4.74 Å². The first kappa shape index (κ1) is 20.7. The molecule has 1 aliphatic rings. The highest BCUT2D eigenvalue weighted by Gasteiger charge is 2.14. The molecule has 7 nitrogen and oxygen atoms in total. The molecule has 1 saturated heterocycles. The van der Waals surface area contributed by atoms with Gasteiger partial charge in [-0.1, -0.05) is 0 Å². The zero-order chi connectivity index (χ0) is 20.6. The molecular formula is C20H23F2N5O2. The van der Waals surface area contributed by atoms with Crippen LogP contribution in [0, 0.1) is 18.6 Å². The lowest BCUT2D eigenvalue weighted by atomic mass is 10.2. The molecule has 154 valence electrons. The third kappa shape index (κ3) is 6.21. The molecule has 0 spiro atoms. The minimum Gasteiger partial charge on any atom is -0.378 e. The number of hydrogen-bond acceptors (Lipinski definition) is 6. The summed E-state index contributed by atoms with van der Waals surface area (Å²) in [6.45, 7) is 5.52. The fraction of sp³-hybridized carbons (Fsp3) is 0.350. The molecule has 0 unspecified atom stereocenters. The minimum atomic E-state index is -0.590. The number of amides is 1. The number of hydrogen-bond donors (Lipinski definition) is 2. The van der Waals surface area contributed by atoms with Crippen molar-refractivity contribution in [3.05, 3.63) is 53.4 Å². The molecule has 1 aromatic carbocycles. The Labute approximate surface area is 167 Å². The van der Waals surface area contributed by atoms with Crippen LogP contribution >= 0.6 is 0 Å². The number of carbonyl (C=O) groups is 1. The highest BCUT2D eigenvalue weighted by molar-refractivity contribution is 5.91. The lowest BCUT2D eigenvalue weighted by Gasteiger charge is -2.28. The third-order valence-electron chi connectivity index (χ3n) is 4.26. The van der Waals surface area contributed by atoms with Crippen molar-refractivity contribution in [2.45, 2.75) is 6.92 Å². The first-order valence-corrected chi connectivity index (χ1v) is 9.34. The van der Waals surface area contributed by atoms with Crippen molar-refractivity contribution >= 4 is 23.6 Å². The molecule has 0 bridgehead atoms. The standard InChI is InChI=1S/C20H23F2N5O2/c1-14-25-18(13-19(26-14)27-8-10-29-11-9-27)23-6-7-24-20(28)5-2-15-12-16(21)3-4-17(15)22/h2-5,12-13H,6-11H2,1H3,(H,24,28)(H,23,25,26)/b5-2+. The van der Waals surface area contributed by atoms with Gasteiger partial charge in [0.1, 0.15) is 29.1 Å². The van der Waals surface area contributed by atoms with Gasteiger partial charge in [-0.3, -0.25) is 4.79 Å². The van der Waals surface area contributed by atoms with E-state index in [0.29, 0.717) is 37.9 Å². The molecule has 9 heteroatoms. The van der Waals surface area contributed by atoms with E-state index >= 15 is 0 Å². The number of morpholine rings is 1. The maximum absolute atomic E-state index is 13.5. The topological polar surface area (TPSA) is 79.4 Å². The van der Waals surface area contributed by atoms with Crippen molar-refractivity contribution in [2.75, 3.05) is 49.6 Å². The third-order valence-corrected chi connectivity index (χ3v) is 4.26. The van der Waals surface area contributed by atoms with Gasteiger partial charge in [-0.2, -0.15) is 0 Å². The summed E-state index contributed by atoms with van der Waals surface area (Å²) in [6, 6.07) is 4.94. The Morgan fingerprint density at radius 1 is 1.21 bits per heavy atom. The van der Waals surface area contributed by atoms with Crippen LogP contribution < -0.4 is 15.5 Å². The zero-order valence-electron chi connectivity index (χ0n) is 16.1. The molecule has 1 amide bonds. The van der Waals surface area contributed by atoms with E-state index in [-0.39, 0.29) is 5.56 Å². The van der Waals surface area contributed by atoms with Crippen molar-refractivity contribution in [3.8, 4) is 0 Å². The zero-order valence-corrected chi connectivity index (χ0v) is 16.1. The summed E-state index contributed by atoms with van der Waals surface area (Å²) in [5.41, 5.74) is 0.0189. The van der Waals surface area contributed by atoms with E-state index < -0.39 is 17.5 Å². The summed E-state index contributed by atoms with van der Waals surface area (Å²) < 4.78 is 32.0. The lowest BCUT2D eigenvalue weighted by Crippen LogP contribution is -2.37. The first-order valence-electron chi connectivity index (χ1n) is 9.34. The molecule has 2 heterocycles. The quantitative estimate of drug-likeness (QED) is 0.545. The van der Waals surface area contributed by atoms with Crippen LogP contribution in [0.1, 0.15) is 11.4 Å². The summed E-state index contributed by atoms with van der Waals surface area (Å²) in [6.07, 6.45) is 2.41. The Hall–Kier alpha value is -3.07. The fourth-order valence-electron chi connectivity index (χ4n) is 2.84. The maximum atomic E-state index is 13.5. The number of aryl methyl sites for hydroxylation is 1. The van der Waals surface area contributed by atoms with Crippen LogP contribution in [0.25, 0.3) is 6.08 Å². The van der Waals surface area contributed by atoms with Gasteiger partial charge in [0.2, 0.25) is 5.91 Å². The van der Waals surface area contributed by atoms with Crippen molar-refractivity contribution in [3.63, 3.8) is 0 Å². The molecule has 3 rings (SSSR count). The number of carbonyl (C=O) groups excluding carboxylic acids is 1. The van der Waals surface area contributed by atoms with Crippen LogP contribution in [0.15, 0.2) is 30.3 Å². The van der Waals surface area contributed by atoms with Gasteiger partial charge in [0.15, 0.2) is 0 Å². The van der Waals surface area contributed by atoms with E-state index in [1.54, 1.807) is 0 Å². The van der Waals surface area contributed by atoms with Gasteiger partial charge < -0.3 is 20.3 Å². The van der Waals surface area contributed by atoms with Crippen LogP contribution in [0.3, 0.4) is 0 Å². The van der Waals surface area contributed by atoms with E-state index in [9.17, 15) is 13.6 Å². The molecule has 0 radical (unpaired) electrons. The van der Waals surface area contributed by atoms with E-state index in [1.807, 2.05) is 13.0 Å². The molecule has 2 aromatic rings. The predicted molar refractivity (Wildman–Crippen MR) is 107 cm³/mol. The molecule has 29 heavy (non-hydrogen) atoms. The number of benzene rings is 1. The fourth-order valence-corrected chi connectivity index (χ4v) is 2.84. The Morgan fingerprint density at radius 2 is 2.00 bits per heavy atom. The largest absolute Gasteiger partial charge is 0.378 e. The van der Waals surface area contributed by atoms with Crippen LogP contribution in [0.4, 0.5) is 20.4 Å². The van der Waals surface area contributed by atoms with Crippen molar-refractivity contribution in [1.82, 2.24) is 15.3 Å². The smallest absolute Gasteiger partial charge is 0.244 e. The second-order valence-corrected chi connectivity index (χ2v) is 6.47. The first-order chi connectivity index (χ1) is 14.0. The average Bonchev–Trinajstić information content (AvgIpc) is 2.72. The van der Waals surface area contributed by atoms with Gasteiger partial charge >= 0.3 is 0 Å². The average molecular weight is 403 g/mol. The van der Waals surface area contributed by atoms with Gasteiger partial charge in [0.05, 0.1) is 13.2 Å². The van der Waals surface area contributed by atoms with Crippen LogP contribution in [-0.2, 0) is 9.53 Å². The van der Waals surface area contributed by atoms with E-state index in [0.717, 1.165) is 37.1 Å². The normalized spacial score (nSPS) is 14.2. The van der Waals surface area contributed by atoms with E-state index in [2.05, 4.69) is 25.5 Å². The highest BCUT2D eigenvalue weighted by Crippen LogP contribution is 2.17. The van der Waals surface area contributed by atoms with Gasteiger partial charge in [-0.05, 0) is 31.2 Å². The van der Waals surface area contributed by atoms with Crippen molar-refractivity contribution < 1.29 is 18.3 Å². The molecule has 1 fully saturated rings. The molecular weight excluding hydrogens is 380 g/mol. The maximum Gasteiger partial charge on any atom is 0.244 e. The number of rotatable bonds is 7. The molecule has 0 aliphatic carbocycles. The summed E-state index contributed by atoms with van der Waals surface area (Å²) in [7, 11) is 0. The number of aromatic nitrogens is 2. The van der Waals surface area contributed by atoms with E-state index in [1.165, 1.54) is 12.2 Å². The van der Waals surface area contributed by atoms with Gasteiger partial charge in [0.25, 0.3) is 0 Å². The van der Waals surface area contributed by atoms with Gasteiger partial charge in [-0.25, -0.2) is 18.7 Å². The molecule has 0 atom stereocenters. The van der Waals surface area contributed by atoms with Crippen LogP contribution in [0.2, 0.25) is 0 Å². The molecule has 1 aromatic heterocycles. The number of nitrogens with zero attached hydrogens (tertiary/aromatic N) is 3. The Bertz CT molecular complexity index is 885. The molecule has 2 N–H and O–H groups in total. The Kier molecular flexibility index (Phi) is 7.07. The number of nitrogens with one attached hydrogen (secondary N) is 2. The summed E-state index contributed by atoms with van der Waals surface area (Å²) in [5.74, 6) is 0.612. The SMILES string of the molecule is Cc1nc(NCCNC(=O)/C=C/c2cc(F)ccc2F)cc(N2CCOCC2)n1. The minimum absolute atomic E-state index is 0.0189. The monoisotopic (exact) mass is 403 g/mol. The second-order valence-electron chi connectivity index (χ2n) is 6.47. The number of halogens is 2. The number of ether oxygens (including phenoxy) is 1. The second kappa shape index (κ2) is 9.92. The van der Waals surface area contributed by atoms with Crippen LogP contribution in [0.5, 0.6) is 0 Å².